The topological polar surface area (TPSA) is 76.5 Å². The first kappa shape index (κ1) is 19.5. The summed E-state index contributed by atoms with van der Waals surface area (Å²) in [6.07, 6.45) is 3.18. The molecule has 0 bridgehead atoms. The Bertz CT molecular complexity index is 1110. The predicted molar refractivity (Wildman–Crippen MR) is 115 cm³/mol. The highest BCUT2D eigenvalue weighted by Crippen LogP contribution is 2.32. The van der Waals surface area contributed by atoms with Crippen molar-refractivity contribution in [2.24, 2.45) is 0 Å². The SMILES string of the molecule is CC(C)(Oc1ccc2c(c1)CC/C(=C\c1csc(-c3ccsc3)n1)C2=O)C(=O)O. The molecule has 5 nitrogen and oxygen atoms in total. The van der Waals surface area contributed by atoms with Crippen LogP contribution in [0.1, 0.15) is 41.9 Å². The Morgan fingerprint density at radius 2 is 2.07 bits per heavy atom. The van der Waals surface area contributed by atoms with Crippen molar-refractivity contribution in [3.05, 3.63) is 62.8 Å². The van der Waals surface area contributed by atoms with E-state index in [4.69, 9.17) is 4.74 Å². The number of carbonyl (C=O) groups excluding carboxylic acids is 1. The Morgan fingerprint density at radius 3 is 2.79 bits per heavy atom. The number of aromatic nitrogens is 1. The van der Waals surface area contributed by atoms with Crippen LogP contribution in [-0.4, -0.2) is 27.4 Å². The van der Waals surface area contributed by atoms with Crippen LogP contribution in [-0.2, 0) is 11.2 Å². The Hall–Kier alpha value is -2.77. The van der Waals surface area contributed by atoms with Crippen LogP contribution in [0.25, 0.3) is 16.6 Å². The molecule has 0 radical (unpaired) electrons. The van der Waals surface area contributed by atoms with E-state index in [0.29, 0.717) is 24.2 Å². The normalized spacial score (nSPS) is 15.4. The van der Waals surface area contributed by atoms with Crippen molar-refractivity contribution in [1.29, 1.82) is 0 Å². The van der Waals surface area contributed by atoms with Gasteiger partial charge in [-0.25, -0.2) is 9.78 Å². The Labute approximate surface area is 176 Å². The van der Waals surface area contributed by atoms with Gasteiger partial charge in [-0.2, -0.15) is 11.3 Å². The zero-order valence-electron chi connectivity index (χ0n) is 16.0. The molecule has 3 aromatic rings. The van der Waals surface area contributed by atoms with Crippen LogP contribution in [0.3, 0.4) is 0 Å². The van der Waals surface area contributed by atoms with Crippen molar-refractivity contribution < 1.29 is 19.4 Å². The summed E-state index contributed by atoms with van der Waals surface area (Å²) in [4.78, 5) is 28.8. The van der Waals surface area contributed by atoms with Crippen molar-refractivity contribution in [3.8, 4) is 16.3 Å². The number of hydrogen-bond donors (Lipinski definition) is 1. The lowest BCUT2D eigenvalue weighted by molar-refractivity contribution is -0.152. The van der Waals surface area contributed by atoms with Gasteiger partial charge in [0.2, 0.25) is 0 Å². The van der Waals surface area contributed by atoms with E-state index in [9.17, 15) is 14.7 Å². The molecule has 0 saturated heterocycles. The average Bonchev–Trinajstić information content (AvgIpc) is 3.35. The monoisotopic (exact) mass is 425 g/mol. The molecule has 1 N–H and O–H groups in total. The molecule has 0 unspecified atom stereocenters. The summed E-state index contributed by atoms with van der Waals surface area (Å²) >= 11 is 3.20. The number of carboxylic acids is 1. The molecule has 0 fully saturated rings. The number of thiophene rings is 1. The number of carbonyl (C=O) groups is 2. The highest BCUT2D eigenvalue weighted by molar-refractivity contribution is 7.14. The number of nitrogens with zero attached hydrogens (tertiary/aromatic N) is 1. The molecule has 148 valence electrons. The molecular formula is C22H19NO4S2. The van der Waals surface area contributed by atoms with Crippen molar-refractivity contribution in [2.75, 3.05) is 0 Å². The summed E-state index contributed by atoms with van der Waals surface area (Å²) in [5.74, 6) is -0.599. The number of hydrogen-bond acceptors (Lipinski definition) is 6. The molecule has 1 aromatic carbocycles. The van der Waals surface area contributed by atoms with Crippen molar-refractivity contribution in [3.63, 3.8) is 0 Å². The number of carboxylic acid groups (broad SMARTS) is 1. The molecule has 29 heavy (non-hydrogen) atoms. The number of thiazole rings is 1. The number of rotatable bonds is 5. The minimum absolute atomic E-state index is 0.0135. The van der Waals surface area contributed by atoms with E-state index >= 15 is 0 Å². The fourth-order valence-electron chi connectivity index (χ4n) is 3.14. The molecule has 0 saturated carbocycles. The van der Waals surface area contributed by atoms with Crippen LogP contribution in [0.15, 0.2) is 46.0 Å². The Morgan fingerprint density at radius 1 is 1.24 bits per heavy atom. The lowest BCUT2D eigenvalue weighted by atomic mass is 9.86. The largest absolute Gasteiger partial charge is 0.478 e. The van der Waals surface area contributed by atoms with Gasteiger partial charge in [0.15, 0.2) is 11.4 Å². The van der Waals surface area contributed by atoms with Crippen molar-refractivity contribution in [1.82, 2.24) is 4.98 Å². The molecule has 4 rings (SSSR count). The number of ether oxygens (including phenoxy) is 1. The number of allylic oxidation sites excluding steroid dienone is 1. The summed E-state index contributed by atoms with van der Waals surface area (Å²) in [5.41, 5.74) is 2.81. The Kier molecular flexibility index (Phi) is 5.10. The van der Waals surface area contributed by atoms with E-state index in [0.717, 1.165) is 27.4 Å². The lowest BCUT2D eigenvalue weighted by Crippen LogP contribution is -2.37. The van der Waals surface area contributed by atoms with Gasteiger partial charge in [0.05, 0.1) is 5.69 Å². The van der Waals surface area contributed by atoms with Crippen molar-refractivity contribution >= 4 is 40.5 Å². The summed E-state index contributed by atoms with van der Waals surface area (Å²) in [6.45, 7) is 3.00. The van der Waals surface area contributed by atoms with Gasteiger partial charge in [-0.1, -0.05) is 0 Å². The van der Waals surface area contributed by atoms with Gasteiger partial charge in [0.1, 0.15) is 10.8 Å². The maximum atomic E-state index is 12.9. The first-order valence-electron chi connectivity index (χ1n) is 9.12. The van der Waals surface area contributed by atoms with Gasteiger partial charge < -0.3 is 9.84 Å². The minimum Gasteiger partial charge on any atom is -0.478 e. The second kappa shape index (κ2) is 7.57. The molecular weight excluding hydrogens is 406 g/mol. The third kappa shape index (κ3) is 4.02. The fraction of sp³-hybridized carbons (Fsp3) is 0.227. The van der Waals surface area contributed by atoms with Gasteiger partial charge in [0, 0.05) is 27.5 Å². The zero-order valence-corrected chi connectivity index (χ0v) is 17.6. The summed E-state index contributed by atoms with van der Waals surface area (Å²) in [6, 6.07) is 7.18. The van der Waals surface area contributed by atoms with E-state index in [1.807, 2.05) is 22.9 Å². The third-order valence-electron chi connectivity index (χ3n) is 4.78. The first-order valence-corrected chi connectivity index (χ1v) is 10.9. The van der Waals surface area contributed by atoms with Gasteiger partial charge in [-0.15, -0.1) is 11.3 Å². The van der Waals surface area contributed by atoms with E-state index in [-0.39, 0.29) is 5.78 Å². The molecule has 2 aromatic heterocycles. The summed E-state index contributed by atoms with van der Waals surface area (Å²) in [7, 11) is 0. The lowest BCUT2D eigenvalue weighted by Gasteiger charge is -2.23. The number of benzene rings is 1. The number of Topliss-reactive ketones (excluding diaryl/α,β-unsaturated/α-hetero) is 1. The van der Waals surface area contributed by atoms with Crippen LogP contribution >= 0.6 is 22.7 Å². The summed E-state index contributed by atoms with van der Waals surface area (Å²) < 4.78 is 5.59. The maximum absolute atomic E-state index is 12.9. The van der Waals surface area contributed by atoms with Crippen LogP contribution in [0.4, 0.5) is 0 Å². The fourth-order valence-corrected chi connectivity index (χ4v) is 4.63. The molecule has 7 heteroatoms. The standard InChI is InChI=1S/C22H19NO4S2/c1-22(2,21(25)26)27-17-5-6-18-13(10-17)3-4-14(19(18)24)9-16-12-29-20(23-16)15-7-8-28-11-15/h5-12H,3-4H2,1-2H3,(H,25,26)/b14-9+. The van der Waals surface area contributed by atoms with Crippen LogP contribution in [0.5, 0.6) is 5.75 Å². The number of fused-ring (bicyclic) bond motifs is 1. The highest BCUT2D eigenvalue weighted by Gasteiger charge is 2.30. The van der Waals surface area contributed by atoms with Crippen LogP contribution < -0.4 is 4.74 Å². The van der Waals surface area contributed by atoms with E-state index in [1.54, 1.807) is 40.9 Å². The first-order chi connectivity index (χ1) is 13.8. The van der Waals surface area contributed by atoms with Crippen LogP contribution in [0, 0.1) is 0 Å². The molecule has 1 aliphatic carbocycles. The van der Waals surface area contributed by atoms with Crippen LogP contribution in [0.2, 0.25) is 0 Å². The van der Waals surface area contributed by atoms with E-state index < -0.39 is 11.6 Å². The molecule has 0 aliphatic heterocycles. The molecule has 2 heterocycles. The number of aryl methyl sites for hydroxylation is 1. The number of ketones is 1. The minimum atomic E-state index is -1.33. The molecule has 0 spiro atoms. The zero-order chi connectivity index (χ0) is 20.6. The third-order valence-corrected chi connectivity index (χ3v) is 6.37. The second-order valence-corrected chi connectivity index (χ2v) is 8.96. The van der Waals surface area contributed by atoms with Gasteiger partial charge >= 0.3 is 5.97 Å². The second-order valence-electron chi connectivity index (χ2n) is 7.32. The predicted octanol–water partition coefficient (Wildman–Crippen LogP) is 5.33. The average molecular weight is 426 g/mol. The van der Waals surface area contributed by atoms with Gasteiger partial charge in [0.25, 0.3) is 0 Å². The van der Waals surface area contributed by atoms with Gasteiger partial charge in [-0.05, 0) is 68.0 Å². The van der Waals surface area contributed by atoms with Crippen molar-refractivity contribution in [2.45, 2.75) is 32.3 Å². The molecule has 0 atom stereocenters. The number of aliphatic carboxylic acids is 1. The maximum Gasteiger partial charge on any atom is 0.347 e. The Balaban J connectivity index is 1.56. The molecule has 0 amide bonds. The summed E-state index contributed by atoms with van der Waals surface area (Å²) in [5, 5.41) is 16.2. The van der Waals surface area contributed by atoms with E-state index in [1.165, 1.54) is 13.8 Å². The van der Waals surface area contributed by atoms with Gasteiger partial charge in [-0.3, -0.25) is 4.79 Å². The highest BCUT2D eigenvalue weighted by atomic mass is 32.1. The molecule has 1 aliphatic rings. The smallest absolute Gasteiger partial charge is 0.347 e. The van der Waals surface area contributed by atoms with E-state index in [2.05, 4.69) is 10.4 Å². The quantitative estimate of drug-likeness (QED) is 0.560.